The number of anilines is 1. The third-order valence-electron chi connectivity index (χ3n) is 2.93. The summed E-state index contributed by atoms with van der Waals surface area (Å²) >= 11 is 0. The van der Waals surface area contributed by atoms with Crippen molar-refractivity contribution in [2.45, 2.75) is 0 Å². The SMILES string of the molecule is COc1ccc(C(=O)Nc2cccc(C=O)c2)c(OC)c1. The van der Waals surface area contributed by atoms with E-state index in [1.54, 1.807) is 49.6 Å². The van der Waals surface area contributed by atoms with E-state index in [4.69, 9.17) is 9.47 Å². The molecule has 0 aromatic heterocycles. The maximum atomic E-state index is 12.3. The Morgan fingerprint density at radius 2 is 1.90 bits per heavy atom. The zero-order valence-electron chi connectivity index (χ0n) is 11.8. The molecule has 2 aromatic rings. The molecule has 5 nitrogen and oxygen atoms in total. The van der Waals surface area contributed by atoms with Crippen LogP contribution in [0.25, 0.3) is 0 Å². The highest BCUT2D eigenvalue weighted by Crippen LogP contribution is 2.25. The second-order valence-corrected chi connectivity index (χ2v) is 4.26. The third-order valence-corrected chi connectivity index (χ3v) is 2.93. The van der Waals surface area contributed by atoms with Gasteiger partial charge in [0, 0.05) is 17.3 Å². The van der Waals surface area contributed by atoms with Gasteiger partial charge in [-0.2, -0.15) is 0 Å². The van der Waals surface area contributed by atoms with Crippen molar-refractivity contribution in [2.24, 2.45) is 0 Å². The molecule has 2 aromatic carbocycles. The minimum absolute atomic E-state index is 0.322. The maximum Gasteiger partial charge on any atom is 0.259 e. The van der Waals surface area contributed by atoms with Gasteiger partial charge in [0.15, 0.2) is 0 Å². The first-order chi connectivity index (χ1) is 10.2. The van der Waals surface area contributed by atoms with E-state index in [-0.39, 0.29) is 5.91 Å². The summed E-state index contributed by atoms with van der Waals surface area (Å²) in [4.78, 5) is 23.0. The van der Waals surface area contributed by atoms with Crippen molar-refractivity contribution < 1.29 is 19.1 Å². The highest BCUT2D eigenvalue weighted by atomic mass is 16.5. The summed E-state index contributed by atoms with van der Waals surface area (Å²) in [6, 6.07) is 11.6. The molecule has 0 fully saturated rings. The number of benzene rings is 2. The molecule has 21 heavy (non-hydrogen) atoms. The minimum Gasteiger partial charge on any atom is -0.497 e. The molecule has 1 N–H and O–H groups in total. The largest absolute Gasteiger partial charge is 0.497 e. The molecule has 5 heteroatoms. The average molecular weight is 285 g/mol. The van der Waals surface area contributed by atoms with Crippen molar-refractivity contribution in [1.82, 2.24) is 0 Å². The Morgan fingerprint density at radius 1 is 1.10 bits per heavy atom. The molecule has 0 spiro atoms. The van der Waals surface area contributed by atoms with Crippen LogP contribution in [0.4, 0.5) is 5.69 Å². The summed E-state index contributed by atoms with van der Waals surface area (Å²) < 4.78 is 10.3. The van der Waals surface area contributed by atoms with Crippen LogP contribution in [0.2, 0.25) is 0 Å². The molecule has 0 unspecified atom stereocenters. The topological polar surface area (TPSA) is 64.6 Å². The fourth-order valence-electron chi connectivity index (χ4n) is 1.87. The summed E-state index contributed by atoms with van der Waals surface area (Å²) in [7, 11) is 3.03. The second-order valence-electron chi connectivity index (χ2n) is 4.26. The fraction of sp³-hybridized carbons (Fsp3) is 0.125. The molecule has 0 aliphatic rings. The summed E-state index contributed by atoms with van der Waals surface area (Å²) in [6.07, 6.45) is 0.726. The van der Waals surface area contributed by atoms with Gasteiger partial charge in [-0.25, -0.2) is 0 Å². The third kappa shape index (κ3) is 3.39. The molecule has 0 bridgehead atoms. The summed E-state index contributed by atoms with van der Waals surface area (Å²) in [6.45, 7) is 0. The van der Waals surface area contributed by atoms with Crippen LogP contribution in [-0.4, -0.2) is 26.4 Å². The molecule has 2 rings (SSSR count). The predicted octanol–water partition coefficient (Wildman–Crippen LogP) is 2.77. The van der Waals surface area contributed by atoms with Gasteiger partial charge >= 0.3 is 0 Å². The van der Waals surface area contributed by atoms with Gasteiger partial charge in [-0.3, -0.25) is 9.59 Å². The number of hydrogen-bond donors (Lipinski definition) is 1. The van der Waals surface area contributed by atoms with Crippen LogP contribution in [0.5, 0.6) is 11.5 Å². The van der Waals surface area contributed by atoms with Gasteiger partial charge in [-0.15, -0.1) is 0 Å². The Morgan fingerprint density at radius 3 is 2.57 bits per heavy atom. The maximum absolute atomic E-state index is 12.3. The molecule has 108 valence electrons. The number of hydrogen-bond acceptors (Lipinski definition) is 4. The second kappa shape index (κ2) is 6.56. The fourth-order valence-corrected chi connectivity index (χ4v) is 1.87. The Hall–Kier alpha value is -2.82. The number of rotatable bonds is 5. The molecule has 0 saturated carbocycles. The van der Waals surface area contributed by atoms with Crippen molar-refractivity contribution in [1.29, 1.82) is 0 Å². The molecule has 0 radical (unpaired) electrons. The van der Waals surface area contributed by atoms with Crippen LogP contribution in [0.3, 0.4) is 0 Å². The van der Waals surface area contributed by atoms with Gasteiger partial charge in [0.1, 0.15) is 17.8 Å². The van der Waals surface area contributed by atoms with Crippen LogP contribution in [-0.2, 0) is 0 Å². The highest BCUT2D eigenvalue weighted by Gasteiger charge is 2.13. The Labute approximate surface area is 122 Å². The van der Waals surface area contributed by atoms with E-state index in [1.165, 1.54) is 7.11 Å². The number of aldehydes is 1. The normalized spacial score (nSPS) is 9.81. The number of carbonyl (C=O) groups is 2. The number of nitrogens with one attached hydrogen (secondary N) is 1. The number of ether oxygens (including phenoxy) is 2. The zero-order valence-corrected chi connectivity index (χ0v) is 11.8. The standard InChI is InChI=1S/C16H15NO4/c1-20-13-6-7-14(15(9-13)21-2)16(19)17-12-5-3-4-11(8-12)10-18/h3-10H,1-2H3,(H,17,19). The van der Waals surface area contributed by atoms with Crippen LogP contribution < -0.4 is 14.8 Å². The molecule has 0 heterocycles. The quantitative estimate of drug-likeness (QED) is 0.858. The van der Waals surface area contributed by atoms with E-state index < -0.39 is 0 Å². The summed E-state index contributed by atoms with van der Waals surface area (Å²) in [5, 5.41) is 2.73. The monoisotopic (exact) mass is 285 g/mol. The van der Waals surface area contributed by atoms with Crippen LogP contribution >= 0.6 is 0 Å². The van der Waals surface area contributed by atoms with Crippen molar-refractivity contribution in [3.63, 3.8) is 0 Å². The average Bonchev–Trinajstić information content (AvgIpc) is 2.54. The molecular formula is C16H15NO4. The van der Waals surface area contributed by atoms with E-state index in [2.05, 4.69) is 5.32 Å². The van der Waals surface area contributed by atoms with Gasteiger partial charge in [-0.1, -0.05) is 12.1 Å². The summed E-state index contributed by atoms with van der Waals surface area (Å²) in [5.74, 6) is 0.697. The van der Waals surface area contributed by atoms with Gasteiger partial charge in [-0.05, 0) is 24.3 Å². The lowest BCUT2D eigenvalue weighted by molar-refractivity contribution is 0.102. The van der Waals surface area contributed by atoms with E-state index >= 15 is 0 Å². The Kier molecular flexibility index (Phi) is 4.56. The number of methoxy groups -OCH3 is 2. The van der Waals surface area contributed by atoms with Crippen molar-refractivity contribution >= 4 is 17.9 Å². The van der Waals surface area contributed by atoms with Gasteiger partial charge in [0.05, 0.1) is 19.8 Å². The van der Waals surface area contributed by atoms with Crippen LogP contribution in [0.1, 0.15) is 20.7 Å². The van der Waals surface area contributed by atoms with Gasteiger partial charge < -0.3 is 14.8 Å². The molecule has 0 aliphatic carbocycles. The lowest BCUT2D eigenvalue weighted by Gasteiger charge is -2.11. The van der Waals surface area contributed by atoms with E-state index in [9.17, 15) is 9.59 Å². The molecule has 0 atom stereocenters. The number of amides is 1. The zero-order chi connectivity index (χ0) is 15.2. The van der Waals surface area contributed by atoms with Gasteiger partial charge in [0.25, 0.3) is 5.91 Å². The van der Waals surface area contributed by atoms with Crippen LogP contribution in [0, 0.1) is 0 Å². The number of carbonyl (C=O) groups excluding carboxylic acids is 2. The first-order valence-electron chi connectivity index (χ1n) is 6.26. The Balaban J connectivity index is 2.25. The molecule has 1 amide bonds. The van der Waals surface area contributed by atoms with Crippen molar-refractivity contribution in [3.05, 3.63) is 53.6 Å². The highest BCUT2D eigenvalue weighted by molar-refractivity contribution is 6.06. The van der Waals surface area contributed by atoms with Gasteiger partial charge in [0.2, 0.25) is 0 Å². The van der Waals surface area contributed by atoms with E-state index in [0.29, 0.717) is 28.3 Å². The molecular weight excluding hydrogens is 270 g/mol. The van der Waals surface area contributed by atoms with Crippen molar-refractivity contribution in [3.8, 4) is 11.5 Å². The van der Waals surface area contributed by atoms with E-state index in [0.717, 1.165) is 6.29 Å². The Bertz CT molecular complexity index is 667. The van der Waals surface area contributed by atoms with Crippen molar-refractivity contribution in [2.75, 3.05) is 19.5 Å². The van der Waals surface area contributed by atoms with Crippen LogP contribution in [0.15, 0.2) is 42.5 Å². The molecule has 0 saturated heterocycles. The lowest BCUT2D eigenvalue weighted by atomic mass is 10.1. The smallest absolute Gasteiger partial charge is 0.259 e. The lowest BCUT2D eigenvalue weighted by Crippen LogP contribution is -2.13. The summed E-state index contributed by atoms with van der Waals surface area (Å²) in [5.41, 5.74) is 1.42. The minimum atomic E-state index is -0.322. The predicted molar refractivity (Wildman–Crippen MR) is 79.3 cm³/mol. The van der Waals surface area contributed by atoms with E-state index in [1.807, 2.05) is 0 Å². The first-order valence-corrected chi connectivity index (χ1v) is 6.26. The molecule has 0 aliphatic heterocycles. The first kappa shape index (κ1) is 14.6.